The first-order valence-corrected chi connectivity index (χ1v) is 5.32. The van der Waals surface area contributed by atoms with Crippen LogP contribution in [0.2, 0.25) is 0 Å². The van der Waals surface area contributed by atoms with Gasteiger partial charge in [0.2, 0.25) is 5.79 Å². The molecule has 1 N–H and O–H groups in total. The number of ether oxygens (including phenoxy) is 2. The summed E-state index contributed by atoms with van der Waals surface area (Å²) in [5, 5.41) is 9.11. The van der Waals surface area contributed by atoms with Gasteiger partial charge in [-0.2, -0.15) is 0 Å². The van der Waals surface area contributed by atoms with Crippen molar-refractivity contribution in [2.24, 2.45) is 0 Å². The van der Waals surface area contributed by atoms with Crippen LogP contribution in [0.5, 0.6) is 0 Å². The second kappa shape index (κ2) is 3.80. The third kappa shape index (κ3) is 2.11. The van der Waals surface area contributed by atoms with E-state index in [4.69, 9.17) is 14.6 Å². The molecule has 1 heterocycles. The Labute approximate surface area is 99.5 Å². The van der Waals surface area contributed by atoms with Crippen LogP contribution >= 0.6 is 0 Å². The van der Waals surface area contributed by atoms with E-state index in [1.54, 1.807) is 13.8 Å². The lowest BCUT2D eigenvalue weighted by Crippen LogP contribution is -2.21. The van der Waals surface area contributed by atoms with Gasteiger partial charge < -0.3 is 14.6 Å². The number of carbonyl (C=O) groups is 1. The Morgan fingerprint density at radius 3 is 2.47 bits per heavy atom. The molecule has 0 fully saturated rings. The topological polar surface area (TPSA) is 55.8 Å². The summed E-state index contributed by atoms with van der Waals surface area (Å²) in [6.07, 6.45) is 0. The molecule has 0 aliphatic carbocycles. The van der Waals surface area contributed by atoms with Crippen molar-refractivity contribution in [1.29, 1.82) is 0 Å². The van der Waals surface area contributed by atoms with Gasteiger partial charge in [-0.25, -0.2) is 4.79 Å². The van der Waals surface area contributed by atoms with Crippen molar-refractivity contribution >= 4 is 11.7 Å². The number of carboxylic acids is 1. The fourth-order valence-electron chi connectivity index (χ4n) is 1.75. The van der Waals surface area contributed by atoms with Crippen molar-refractivity contribution in [3.63, 3.8) is 0 Å². The summed E-state index contributed by atoms with van der Waals surface area (Å²) in [4.78, 5) is 11.1. The monoisotopic (exact) mass is 234 g/mol. The van der Waals surface area contributed by atoms with Crippen molar-refractivity contribution in [1.82, 2.24) is 0 Å². The molecule has 1 aromatic rings. The van der Waals surface area contributed by atoms with Gasteiger partial charge in [-0.05, 0) is 12.5 Å². The highest BCUT2D eigenvalue weighted by Gasteiger charge is 2.38. The molecule has 0 amide bonds. The highest BCUT2D eigenvalue weighted by Crippen LogP contribution is 2.37. The van der Waals surface area contributed by atoms with Crippen LogP contribution in [0.1, 0.15) is 25.0 Å². The smallest absolute Gasteiger partial charge is 0.375 e. The quantitative estimate of drug-likeness (QED) is 0.854. The molecule has 1 aliphatic rings. The zero-order valence-corrected chi connectivity index (χ0v) is 9.98. The number of hydrogen-bond acceptors (Lipinski definition) is 3. The van der Waals surface area contributed by atoms with Gasteiger partial charge in [0.05, 0.1) is 0 Å². The maximum Gasteiger partial charge on any atom is 0.375 e. The van der Waals surface area contributed by atoms with E-state index in [9.17, 15) is 4.79 Å². The molecule has 0 aromatic heterocycles. The van der Waals surface area contributed by atoms with Crippen molar-refractivity contribution < 1.29 is 19.4 Å². The minimum Gasteiger partial charge on any atom is -0.475 e. The molecule has 17 heavy (non-hydrogen) atoms. The lowest BCUT2D eigenvalue weighted by Gasteiger charge is -2.18. The Morgan fingerprint density at radius 1 is 1.24 bits per heavy atom. The van der Waals surface area contributed by atoms with E-state index >= 15 is 0 Å². The Hall–Kier alpha value is -1.97. The summed E-state index contributed by atoms with van der Waals surface area (Å²) in [7, 11) is 0. The first kappa shape index (κ1) is 11.5. The molecular weight excluding hydrogens is 220 g/mol. The number of hydrogen-bond donors (Lipinski definition) is 1. The summed E-state index contributed by atoms with van der Waals surface area (Å²) < 4.78 is 10.9. The highest BCUT2D eigenvalue weighted by molar-refractivity contribution is 5.93. The van der Waals surface area contributed by atoms with Crippen molar-refractivity contribution in [2.75, 3.05) is 0 Å². The molecule has 4 nitrogen and oxygen atoms in total. The van der Waals surface area contributed by atoms with Crippen LogP contribution in [0.4, 0.5) is 0 Å². The first-order valence-electron chi connectivity index (χ1n) is 5.32. The normalized spacial score (nSPS) is 17.6. The van der Waals surface area contributed by atoms with E-state index in [0.29, 0.717) is 5.76 Å². The molecule has 0 unspecified atom stereocenters. The largest absolute Gasteiger partial charge is 0.475 e. The van der Waals surface area contributed by atoms with Gasteiger partial charge in [0, 0.05) is 19.4 Å². The van der Waals surface area contributed by atoms with Gasteiger partial charge in [0.15, 0.2) is 5.76 Å². The molecule has 0 atom stereocenters. The van der Waals surface area contributed by atoms with Crippen molar-refractivity contribution in [3.8, 4) is 0 Å². The zero-order chi connectivity index (χ0) is 12.6. The average molecular weight is 234 g/mol. The van der Waals surface area contributed by atoms with E-state index in [0.717, 1.165) is 11.1 Å². The van der Waals surface area contributed by atoms with Gasteiger partial charge in [0.25, 0.3) is 5.76 Å². The predicted molar refractivity (Wildman–Crippen MR) is 62.0 cm³/mol. The Balaban J connectivity index is 2.52. The maximum absolute atomic E-state index is 11.1. The van der Waals surface area contributed by atoms with Crippen molar-refractivity contribution in [3.05, 3.63) is 41.2 Å². The minimum atomic E-state index is -1.12. The third-order valence-electron chi connectivity index (χ3n) is 2.49. The van der Waals surface area contributed by atoms with Crippen LogP contribution < -0.4 is 0 Å². The van der Waals surface area contributed by atoms with Crippen LogP contribution in [0.3, 0.4) is 0 Å². The predicted octanol–water partition coefficient (Wildman–Crippen LogP) is 2.53. The summed E-state index contributed by atoms with van der Waals surface area (Å²) in [5.41, 5.74) is 1.69. The highest BCUT2D eigenvalue weighted by atomic mass is 16.7. The molecule has 0 saturated heterocycles. The van der Waals surface area contributed by atoms with Gasteiger partial charge in [0.1, 0.15) is 0 Å². The van der Waals surface area contributed by atoms with Gasteiger partial charge in [-0.15, -0.1) is 0 Å². The fourth-order valence-corrected chi connectivity index (χ4v) is 1.75. The number of benzene rings is 1. The maximum atomic E-state index is 11.1. The molecule has 0 saturated carbocycles. The molecule has 0 spiro atoms. The van der Waals surface area contributed by atoms with Gasteiger partial charge >= 0.3 is 5.97 Å². The second-order valence-electron chi connectivity index (χ2n) is 4.38. The SMILES string of the molecule is Cc1ccccc1C1=C(C(=O)O)OC(C)(C)O1. The average Bonchev–Trinajstić information content (AvgIpc) is 2.55. The Bertz CT molecular complexity index is 500. The number of aryl methyl sites for hydroxylation is 1. The summed E-state index contributed by atoms with van der Waals surface area (Å²) in [5.74, 6) is -1.90. The minimum absolute atomic E-state index is 0.135. The first-order chi connectivity index (χ1) is 7.91. The lowest BCUT2D eigenvalue weighted by atomic mass is 10.1. The molecule has 0 radical (unpaired) electrons. The van der Waals surface area contributed by atoms with Gasteiger partial charge in [-0.1, -0.05) is 24.3 Å². The standard InChI is InChI=1S/C13H14O4/c1-8-6-4-5-7-9(8)10-11(12(14)15)17-13(2,3)16-10/h4-7H,1-3H3,(H,14,15). The van der Waals surface area contributed by atoms with Gasteiger partial charge in [-0.3, -0.25) is 0 Å². The third-order valence-corrected chi connectivity index (χ3v) is 2.49. The summed E-state index contributed by atoms with van der Waals surface area (Å²) in [6.45, 7) is 5.26. The summed E-state index contributed by atoms with van der Waals surface area (Å²) >= 11 is 0. The second-order valence-corrected chi connectivity index (χ2v) is 4.38. The van der Waals surface area contributed by atoms with Crippen LogP contribution in [-0.2, 0) is 14.3 Å². The van der Waals surface area contributed by atoms with E-state index in [2.05, 4.69) is 0 Å². The Morgan fingerprint density at radius 2 is 1.88 bits per heavy atom. The van der Waals surface area contributed by atoms with E-state index < -0.39 is 11.8 Å². The molecular formula is C13H14O4. The molecule has 90 valence electrons. The number of aliphatic carboxylic acids is 1. The van der Waals surface area contributed by atoms with Crippen LogP contribution in [-0.4, -0.2) is 16.9 Å². The molecule has 4 heteroatoms. The number of carboxylic acid groups (broad SMARTS) is 1. The number of rotatable bonds is 2. The zero-order valence-electron chi connectivity index (χ0n) is 9.98. The van der Waals surface area contributed by atoms with Crippen molar-refractivity contribution in [2.45, 2.75) is 26.6 Å². The van der Waals surface area contributed by atoms with E-state index in [1.807, 2.05) is 31.2 Å². The van der Waals surface area contributed by atoms with E-state index in [-0.39, 0.29) is 5.76 Å². The Kier molecular flexibility index (Phi) is 2.58. The molecule has 1 aliphatic heterocycles. The van der Waals surface area contributed by atoms with Crippen LogP contribution in [0.15, 0.2) is 30.0 Å². The van der Waals surface area contributed by atoms with E-state index in [1.165, 1.54) is 0 Å². The molecule has 0 bridgehead atoms. The molecule has 1 aromatic carbocycles. The lowest BCUT2D eigenvalue weighted by molar-refractivity contribution is -0.147. The van der Waals surface area contributed by atoms with Crippen LogP contribution in [0, 0.1) is 6.92 Å². The van der Waals surface area contributed by atoms with Crippen LogP contribution in [0.25, 0.3) is 5.76 Å². The molecule has 2 rings (SSSR count). The fraction of sp³-hybridized carbons (Fsp3) is 0.308. The summed E-state index contributed by atoms with van der Waals surface area (Å²) in [6, 6.07) is 7.44.